The molecule has 3 aromatic rings. The first kappa shape index (κ1) is 21.5. The van der Waals surface area contributed by atoms with Gasteiger partial charge in [-0.1, -0.05) is 30.3 Å². The number of hydrogen-bond acceptors (Lipinski definition) is 4. The summed E-state index contributed by atoms with van der Waals surface area (Å²) in [6.45, 7) is 0.634. The second kappa shape index (κ2) is 9.06. The number of para-hydroxylation sites is 2. The van der Waals surface area contributed by atoms with Gasteiger partial charge in [0.25, 0.3) is 15.9 Å². The van der Waals surface area contributed by atoms with E-state index in [2.05, 4.69) is 10.0 Å². The van der Waals surface area contributed by atoms with Crippen LogP contribution in [0.15, 0.2) is 77.7 Å². The van der Waals surface area contributed by atoms with Crippen molar-refractivity contribution in [2.45, 2.75) is 11.4 Å². The third kappa shape index (κ3) is 5.22. The molecule has 0 unspecified atom stereocenters. The molecule has 0 heterocycles. The second-order valence-corrected chi connectivity index (χ2v) is 8.64. The minimum absolute atomic E-state index is 0.101. The van der Waals surface area contributed by atoms with Gasteiger partial charge in [0.2, 0.25) is 0 Å². The fraction of sp³-hybridized carbons (Fsp3) is 0.136. The molecule has 0 radical (unpaired) electrons. The van der Waals surface area contributed by atoms with Gasteiger partial charge in [0.1, 0.15) is 5.82 Å². The highest BCUT2D eigenvalue weighted by atomic mass is 32.2. The molecular formula is C22H22FN3O3S. The van der Waals surface area contributed by atoms with Gasteiger partial charge in [-0.15, -0.1) is 0 Å². The monoisotopic (exact) mass is 427 g/mol. The molecule has 0 bridgehead atoms. The third-order valence-corrected chi connectivity index (χ3v) is 5.67. The van der Waals surface area contributed by atoms with Crippen molar-refractivity contribution >= 4 is 27.3 Å². The molecule has 30 heavy (non-hydrogen) atoms. The van der Waals surface area contributed by atoms with Crippen LogP contribution < -0.4 is 10.0 Å². The van der Waals surface area contributed by atoms with Crippen LogP contribution in [-0.4, -0.2) is 33.3 Å². The third-order valence-electron chi connectivity index (χ3n) is 4.29. The average Bonchev–Trinajstić information content (AvgIpc) is 2.69. The van der Waals surface area contributed by atoms with E-state index >= 15 is 0 Å². The predicted molar refractivity (Wildman–Crippen MR) is 115 cm³/mol. The Hall–Kier alpha value is -3.23. The van der Waals surface area contributed by atoms with Crippen molar-refractivity contribution in [3.8, 4) is 0 Å². The van der Waals surface area contributed by atoms with Crippen LogP contribution >= 0.6 is 0 Å². The van der Waals surface area contributed by atoms with Crippen LogP contribution in [0.3, 0.4) is 0 Å². The predicted octanol–water partition coefficient (Wildman–Crippen LogP) is 3.94. The van der Waals surface area contributed by atoms with E-state index < -0.39 is 21.7 Å². The van der Waals surface area contributed by atoms with Gasteiger partial charge in [-0.2, -0.15) is 0 Å². The Morgan fingerprint density at radius 2 is 1.50 bits per heavy atom. The van der Waals surface area contributed by atoms with Crippen LogP contribution in [0.25, 0.3) is 0 Å². The number of sulfonamides is 1. The van der Waals surface area contributed by atoms with Crippen LogP contribution in [0, 0.1) is 5.82 Å². The first-order valence-electron chi connectivity index (χ1n) is 9.17. The Bertz CT molecular complexity index is 1150. The normalized spacial score (nSPS) is 11.3. The van der Waals surface area contributed by atoms with Crippen molar-refractivity contribution in [2.75, 3.05) is 24.1 Å². The maximum atomic E-state index is 13.1. The lowest BCUT2D eigenvalue weighted by molar-refractivity contribution is 0.102. The quantitative estimate of drug-likeness (QED) is 0.599. The number of hydrogen-bond donors (Lipinski definition) is 2. The van der Waals surface area contributed by atoms with Gasteiger partial charge < -0.3 is 10.2 Å². The molecule has 0 aromatic heterocycles. The zero-order valence-corrected chi connectivity index (χ0v) is 17.4. The van der Waals surface area contributed by atoms with E-state index in [0.29, 0.717) is 12.2 Å². The summed E-state index contributed by atoms with van der Waals surface area (Å²) in [6.07, 6.45) is 0. The number of anilines is 2. The molecular weight excluding hydrogens is 405 g/mol. The van der Waals surface area contributed by atoms with E-state index in [-0.39, 0.29) is 16.1 Å². The molecule has 156 valence electrons. The number of benzene rings is 3. The largest absolute Gasteiger partial charge is 0.322 e. The minimum atomic E-state index is -3.99. The van der Waals surface area contributed by atoms with Crippen molar-refractivity contribution in [1.29, 1.82) is 0 Å². The van der Waals surface area contributed by atoms with Crippen molar-refractivity contribution in [3.63, 3.8) is 0 Å². The average molecular weight is 428 g/mol. The first-order chi connectivity index (χ1) is 14.3. The second-order valence-electron chi connectivity index (χ2n) is 6.95. The highest BCUT2D eigenvalue weighted by molar-refractivity contribution is 7.92. The maximum absolute atomic E-state index is 13.1. The fourth-order valence-corrected chi connectivity index (χ4v) is 3.98. The fourth-order valence-electron chi connectivity index (χ4n) is 2.90. The van der Waals surface area contributed by atoms with Crippen molar-refractivity contribution < 1.29 is 17.6 Å². The Kier molecular flexibility index (Phi) is 6.49. The summed E-state index contributed by atoms with van der Waals surface area (Å²) < 4.78 is 40.8. The summed E-state index contributed by atoms with van der Waals surface area (Å²) in [4.78, 5) is 14.8. The molecule has 0 atom stereocenters. The van der Waals surface area contributed by atoms with Crippen LogP contribution in [0.5, 0.6) is 0 Å². The lowest BCUT2D eigenvalue weighted by atomic mass is 10.1. The van der Waals surface area contributed by atoms with E-state index in [1.54, 1.807) is 18.2 Å². The van der Waals surface area contributed by atoms with Crippen molar-refractivity contribution in [2.24, 2.45) is 0 Å². The molecule has 0 spiro atoms. The van der Waals surface area contributed by atoms with Gasteiger partial charge >= 0.3 is 0 Å². The van der Waals surface area contributed by atoms with Gasteiger partial charge in [0.05, 0.1) is 16.1 Å². The van der Waals surface area contributed by atoms with Gasteiger partial charge in [-0.05, 0) is 62.1 Å². The highest BCUT2D eigenvalue weighted by Crippen LogP contribution is 2.23. The number of carbonyl (C=O) groups is 1. The topological polar surface area (TPSA) is 78.5 Å². The molecule has 0 fully saturated rings. The van der Waals surface area contributed by atoms with Crippen LogP contribution in [0.1, 0.15) is 15.9 Å². The number of nitrogens with one attached hydrogen (secondary N) is 2. The Morgan fingerprint density at radius 3 is 2.17 bits per heavy atom. The van der Waals surface area contributed by atoms with Crippen LogP contribution in [0.4, 0.5) is 15.8 Å². The Morgan fingerprint density at radius 1 is 0.900 bits per heavy atom. The van der Waals surface area contributed by atoms with Gasteiger partial charge in [0, 0.05) is 12.2 Å². The standard InChI is InChI=1S/C22H22FN3O3S/c1-26(2)15-16-7-3-5-9-20(16)24-22(27)19-8-4-6-10-21(19)25-30(28,29)18-13-11-17(23)12-14-18/h3-14,25H,15H2,1-2H3,(H,24,27). The first-order valence-corrected chi connectivity index (χ1v) is 10.7. The molecule has 8 heteroatoms. The number of rotatable bonds is 7. The molecule has 1 amide bonds. The SMILES string of the molecule is CN(C)Cc1ccccc1NC(=O)c1ccccc1NS(=O)(=O)c1ccc(F)cc1. The van der Waals surface area contributed by atoms with Crippen molar-refractivity contribution in [1.82, 2.24) is 4.90 Å². The molecule has 3 aromatic carbocycles. The lowest BCUT2D eigenvalue weighted by Crippen LogP contribution is -2.20. The van der Waals surface area contributed by atoms with E-state index in [9.17, 15) is 17.6 Å². The van der Waals surface area contributed by atoms with Crippen LogP contribution in [0.2, 0.25) is 0 Å². The summed E-state index contributed by atoms with van der Waals surface area (Å²) >= 11 is 0. The van der Waals surface area contributed by atoms with Gasteiger partial charge in [-0.3, -0.25) is 9.52 Å². The van der Waals surface area contributed by atoms with E-state index in [4.69, 9.17) is 0 Å². The number of nitrogens with zero attached hydrogens (tertiary/aromatic N) is 1. The van der Waals surface area contributed by atoms with E-state index in [0.717, 1.165) is 29.8 Å². The Labute approximate surface area is 175 Å². The number of amides is 1. The molecule has 0 saturated heterocycles. The van der Waals surface area contributed by atoms with Gasteiger partial charge in [0.15, 0.2) is 0 Å². The summed E-state index contributed by atoms with van der Waals surface area (Å²) in [7, 11) is -0.129. The van der Waals surface area contributed by atoms with Gasteiger partial charge in [-0.25, -0.2) is 12.8 Å². The van der Waals surface area contributed by atoms with Crippen LogP contribution in [-0.2, 0) is 16.6 Å². The van der Waals surface area contributed by atoms with Crippen molar-refractivity contribution in [3.05, 3.63) is 89.7 Å². The summed E-state index contributed by atoms with van der Waals surface area (Å²) in [5, 5.41) is 2.86. The Balaban J connectivity index is 1.87. The highest BCUT2D eigenvalue weighted by Gasteiger charge is 2.19. The summed E-state index contributed by atoms with van der Waals surface area (Å²) in [6, 6.07) is 18.2. The zero-order valence-electron chi connectivity index (χ0n) is 16.6. The summed E-state index contributed by atoms with van der Waals surface area (Å²) in [5.41, 5.74) is 1.87. The molecule has 0 saturated carbocycles. The smallest absolute Gasteiger partial charge is 0.261 e. The molecule has 0 aliphatic rings. The molecule has 2 N–H and O–H groups in total. The number of halogens is 1. The molecule has 6 nitrogen and oxygen atoms in total. The van der Waals surface area contributed by atoms with E-state index in [1.807, 2.05) is 37.2 Å². The minimum Gasteiger partial charge on any atom is -0.322 e. The zero-order chi connectivity index (χ0) is 21.7. The number of carbonyl (C=O) groups excluding carboxylic acids is 1. The molecule has 3 rings (SSSR count). The molecule has 0 aliphatic heterocycles. The molecule has 0 aliphatic carbocycles. The lowest BCUT2D eigenvalue weighted by Gasteiger charge is -2.16. The van der Waals surface area contributed by atoms with E-state index in [1.165, 1.54) is 12.1 Å². The summed E-state index contributed by atoms with van der Waals surface area (Å²) in [5.74, 6) is -0.983. The maximum Gasteiger partial charge on any atom is 0.261 e.